The normalized spacial score (nSPS) is 13.6. The lowest BCUT2D eigenvalue weighted by Gasteiger charge is -2.18. The largest absolute Gasteiger partial charge is 0.309 e. The lowest BCUT2D eigenvalue weighted by molar-refractivity contribution is 0.558. The summed E-state index contributed by atoms with van der Waals surface area (Å²) in [7, 11) is -3.17. The Morgan fingerprint density at radius 1 is 1.47 bits per heavy atom. The van der Waals surface area contributed by atoms with Crippen LogP contribution in [0.15, 0.2) is 18.2 Å². The van der Waals surface area contributed by atoms with Gasteiger partial charge in [-0.1, -0.05) is 18.5 Å². The van der Waals surface area contributed by atoms with Gasteiger partial charge in [0.25, 0.3) is 0 Å². The first-order chi connectivity index (χ1) is 7.83. The molecule has 0 heterocycles. The Kier molecular flexibility index (Phi) is 4.91. The van der Waals surface area contributed by atoms with E-state index in [0.717, 1.165) is 6.26 Å². The van der Waals surface area contributed by atoms with Gasteiger partial charge in [0.1, 0.15) is 15.7 Å². The predicted octanol–water partition coefficient (Wildman–Crippen LogP) is 2.17. The van der Waals surface area contributed by atoms with Crippen molar-refractivity contribution in [1.82, 2.24) is 5.32 Å². The minimum Gasteiger partial charge on any atom is -0.309 e. The van der Waals surface area contributed by atoms with E-state index >= 15 is 0 Å². The molecule has 0 fully saturated rings. The van der Waals surface area contributed by atoms with Crippen molar-refractivity contribution in [2.45, 2.75) is 13.0 Å². The van der Waals surface area contributed by atoms with Gasteiger partial charge in [0, 0.05) is 17.3 Å². The highest BCUT2D eigenvalue weighted by atomic mass is 35.5. The molecule has 0 spiro atoms. The molecule has 1 rings (SSSR count). The lowest BCUT2D eigenvalue weighted by Crippen LogP contribution is -2.28. The number of hydrogen-bond acceptors (Lipinski definition) is 3. The van der Waals surface area contributed by atoms with Crippen LogP contribution in [0.1, 0.15) is 18.5 Å². The lowest BCUT2D eigenvalue weighted by atomic mass is 10.1. The molecule has 17 heavy (non-hydrogen) atoms. The van der Waals surface area contributed by atoms with Crippen molar-refractivity contribution < 1.29 is 12.8 Å². The van der Waals surface area contributed by atoms with Gasteiger partial charge >= 0.3 is 0 Å². The summed E-state index contributed by atoms with van der Waals surface area (Å²) in [6, 6.07) is 3.45. The summed E-state index contributed by atoms with van der Waals surface area (Å²) in [5, 5.41) is 3.36. The van der Waals surface area contributed by atoms with Gasteiger partial charge in [-0.25, -0.2) is 12.8 Å². The molecule has 0 saturated heterocycles. The monoisotopic (exact) mass is 279 g/mol. The number of benzene rings is 1. The highest BCUT2D eigenvalue weighted by molar-refractivity contribution is 7.90. The summed E-state index contributed by atoms with van der Waals surface area (Å²) in [6.45, 7) is 2.43. The smallest absolute Gasteiger partial charge is 0.149 e. The maximum atomic E-state index is 13.1. The van der Waals surface area contributed by atoms with Crippen molar-refractivity contribution in [1.29, 1.82) is 0 Å². The molecule has 0 bridgehead atoms. The Hall–Kier alpha value is -0.650. The molecule has 3 nitrogen and oxygen atoms in total. The van der Waals surface area contributed by atoms with Crippen molar-refractivity contribution in [2.24, 2.45) is 0 Å². The highest BCUT2D eigenvalue weighted by Gasteiger charge is 2.19. The maximum Gasteiger partial charge on any atom is 0.149 e. The molecule has 0 aromatic heterocycles. The zero-order valence-corrected chi connectivity index (χ0v) is 11.3. The highest BCUT2D eigenvalue weighted by Crippen LogP contribution is 2.25. The van der Waals surface area contributed by atoms with Gasteiger partial charge in [-0.2, -0.15) is 0 Å². The second-order valence-electron chi connectivity index (χ2n) is 3.87. The zero-order valence-electron chi connectivity index (χ0n) is 9.70. The van der Waals surface area contributed by atoms with Crippen LogP contribution in [0.5, 0.6) is 0 Å². The van der Waals surface area contributed by atoms with E-state index in [1.165, 1.54) is 18.2 Å². The Balaban J connectivity index is 3.08. The maximum absolute atomic E-state index is 13.1. The van der Waals surface area contributed by atoms with Crippen LogP contribution in [0.2, 0.25) is 5.02 Å². The molecule has 6 heteroatoms. The summed E-state index contributed by atoms with van der Waals surface area (Å²) >= 11 is 5.95. The Morgan fingerprint density at radius 3 is 2.65 bits per heavy atom. The fourth-order valence-corrected chi connectivity index (χ4v) is 2.74. The summed E-state index contributed by atoms with van der Waals surface area (Å²) in [5.74, 6) is -0.537. The molecule has 0 amide bonds. The SMILES string of the molecule is CCNC(CS(C)(=O)=O)c1cc(F)ccc1Cl. The van der Waals surface area contributed by atoms with E-state index < -0.39 is 21.7 Å². The third-order valence-electron chi connectivity index (χ3n) is 2.25. The third kappa shape index (κ3) is 4.61. The molecule has 0 radical (unpaired) electrons. The van der Waals surface area contributed by atoms with E-state index in [1.54, 1.807) is 0 Å². The minimum absolute atomic E-state index is 0.107. The standard InChI is InChI=1S/C11H15ClFNO2S/c1-3-14-11(7-17(2,15)16)9-6-8(13)4-5-10(9)12/h4-6,11,14H,3,7H2,1-2H3. The van der Waals surface area contributed by atoms with Gasteiger partial charge in [0.15, 0.2) is 0 Å². The van der Waals surface area contributed by atoms with E-state index in [1.807, 2.05) is 6.92 Å². The van der Waals surface area contributed by atoms with Gasteiger partial charge in [-0.3, -0.25) is 0 Å². The number of hydrogen-bond donors (Lipinski definition) is 1. The second kappa shape index (κ2) is 5.80. The zero-order chi connectivity index (χ0) is 13.1. The quantitative estimate of drug-likeness (QED) is 0.899. The summed E-state index contributed by atoms with van der Waals surface area (Å²) in [5.41, 5.74) is 0.471. The van der Waals surface area contributed by atoms with Crippen molar-refractivity contribution >= 4 is 21.4 Å². The van der Waals surface area contributed by atoms with Gasteiger partial charge in [0.05, 0.1) is 5.75 Å². The fourth-order valence-electron chi connectivity index (χ4n) is 1.59. The molecule has 1 N–H and O–H groups in total. The van der Waals surface area contributed by atoms with Crippen LogP contribution in [0.25, 0.3) is 0 Å². The summed E-state index contributed by atoms with van der Waals surface area (Å²) in [4.78, 5) is 0. The molecule has 1 aromatic rings. The average molecular weight is 280 g/mol. The second-order valence-corrected chi connectivity index (χ2v) is 6.46. The van der Waals surface area contributed by atoms with Gasteiger partial charge < -0.3 is 5.32 Å². The number of halogens is 2. The van der Waals surface area contributed by atoms with Crippen LogP contribution in [-0.2, 0) is 9.84 Å². The third-order valence-corrected chi connectivity index (χ3v) is 3.54. The van der Waals surface area contributed by atoms with E-state index in [0.29, 0.717) is 17.1 Å². The Labute approximate surface area is 106 Å². The first kappa shape index (κ1) is 14.4. The van der Waals surface area contributed by atoms with Gasteiger partial charge in [-0.05, 0) is 30.3 Å². The minimum atomic E-state index is -3.17. The van der Waals surface area contributed by atoms with Crippen LogP contribution < -0.4 is 5.32 Å². The van der Waals surface area contributed by atoms with Gasteiger partial charge in [-0.15, -0.1) is 0 Å². The van der Waals surface area contributed by atoms with Crippen molar-refractivity contribution in [2.75, 3.05) is 18.6 Å². The van der Waals surface area contributed by atoms with E-state index in [9.17, 15) is 12.8 Å². The molecular weight excluding hydrogens is 265 g/mol. The predicted molar refractivity (Wildman–Crippen MR) is 67.5 cm³/mol. The summed E-state index contributed by atoms with van der Waals surface area (Å²) in [6.07, 6.45) is 1.14. The Morgan fingerprint density at radius 2 is 2.12 bits per heavy atom. The van der Waals surface area contributed by atoms with E-state index in [2.05, 4.69) is 5.32 Å². The van der Waals surface area contributed by atoms with Crippen LogP contribution in [0.3, 0.4) is 0 Å². The average Bonchev–Trinajstić information content (AvgIpc) is 2.19. The van der Waals surface area contributed by atoms with Crippen molar-refractivity contribution in [3.05, 3.63) is 34.6 Å². The topological polar surface area (TPSA) is 46.2 Å². The molecule has 1 atom stereocenters. The van der Waals surface area contributed by atoms with Crippen LogP contribution in [-0.4, -0.2) is 27.0 Å². The molecule has 0 aliphatic heterocycles. The van der Waals surface area contributed by atoms with Crippen LogP contribution in [0, 0.1) is 5.82 Å². The molecule has 0 aliphatic carbocycles. The number of rotatable bonds is 5. The molecule has 1 aromatic carbocycles. The first-order valence-corrected chi connectivity index (χ1v) is 7.63. The first-order valence-electron chi connectivity index (χ1n) is 5.19. The number of nitrogens with one attached hydrogen (secondary N) is 1. The van der Waals surface area contributed by atoms with Crippen molar-refractivity contribution in [3.63, 3.8) is 0 Å². The van der Waals surface area contributed by atoms with Crippen LogP contribution >= 0.6 is 11.6 Å². The van der Waals surface area contributed by atoms with E-state index in [-0.39, 0.29) is 5.75 Å². The van der Waals surface area contributed by atoms with Crippen molar-refractivity contribution in [3.8, 4) is 0 Å². The Bertz CT molecular complexity index is 490. The molecule has 96 valence electrons. The molecule has 0 saturated carbocycles. The summed E-state index contributed by atoms with van der Waals surface area (Å²) < 4.78 is 35.8. The fraction of sp³-hybridized carbons (Fsp3) is 0.455. The van der Waals surface area contributed by atoms with E-state index in [4.69, 9.17) is 11.6 Å². The van der Waals surface area contributed by atoms with Gasteiger partial charge in [0.2, 0.25) is 0 Å². The molecule has 1 unspecified atom stereocenters. The number of sulfone groups is 1. The molecular formula is C11H15ClFNO2S. The molecule has 0 aliphatic rings. The van der Waals surface area contributed by atoms with Crippen LogP contribution in [0.4, 0.5) is 4.39 Å².